The lowest BCUT2D eigenvalue weighted by Gasteiger charge is -2.22. The van der Waals surface area contributed by atoms with E-state index in [4.69, 9.17) is 16.3 Å². The van der Waals surface area contributed by atoms with E-state index in [-0.39, 0.29) is 12.6 Å². The van der Waals surface area contributed by atoms with Gasteiger partial charge in [-0.25, -0.2) is 8.42 Å². The van der Waals surface area contributed by atoms with Crippen LogP contribution in [0.5, 0.6) is 5.75 Å². The molecule has 1 N–H and O–H groups in total. The molecule has 2 aromatic rings. The zero-order valence-corrected chi connectivity index (χ0v) is 16.3. The number of benzene rings is 2. The number of amides is 1. The van der Waals surface area contributed by atoms with Gasteiger partial charge < -0.3 is 10.1 Å². The highest BCUT2D eigenvalue weighted by molar-refractivity contribution is 7.92. The molecule has 0 fully saturated rings. The Morgan fingerprint density at radius 3 is 2.38 bits per heavy atom. The van der Waals surface area contributed by atoms with Crippen molar-refractivity contribution < 1.29 is 17.9 Å². The minimum atomic E-state index is -3.64. The van der Waals surface area contributed by atoms with E-state index in [2.05, 4.69) is 5.32 Å². The SMILES string of the molecule is CC(C)Oc1ccc(N(CC(=O)Nc2cccc(Cl)c2)S(C)(=O)=O)cc1. The third kappa shape index (κ3) is 5.93. The highest BCUT2D eigenvalue weighted by atomic mass is 35.5. The number of carbonyl (C=O) groups is 1. The lowest BCUT2D eigenvalue weighted by molar-refractivity contribution is -0.114. The van der Waals surface area contributed by atoms with Crippen molar-refractivity contribution >= 4 is 38.9 Å². The van der Waals surface area contributed by atoms with Gasteiger partial charge in [0.05, 0.1) is 18.0 Å². The van der Waals surface area contributed by atoms with E-state index in [9.17, 15) is 13.2 Å². The number of anilines is 2. The average molecular weight is 397 g/mol. The highest BCUT2D eigenvalue weighted by Crippen LogP contribution is 2.22. The number of carbonyl (C=O) groups excluding carboxylic acids is 1. The van der Waals surface area contributed by atoms with E-state index in [1.165, 1.54) is 0 Å². The van der Waals surface area contributed by atoms with E-state index < -0.39 is 15.9 Å². The summed E-state index contributed by atoms with van der Waals surface area (Å²) < 4.78 is 30.8. The summed E-state index contributed by atoms with van der Waals surface area (Å²) in [5, 5.41) is 3.11. The standard InChI is InChI=1S/C18H21ClN2O4S/c1-13(2)25-17-9-7-16(8-10-17)21(26(3,23)24)12-18(22)20-15-6-4-5-14(19)11-15/h4-11,13H,12H2,1-3H3,(H,20,22). The molecule has 0 saturated heterocycles. The van der Waals surface area contributed by atoms with Gasteiger partial charge in [0.2, 0.25) is 15.9 Å². The van der Waals surface area contributed by atoms with Gasteiger partial charge in [0, 0.05) is 10.7 Å². The van der Waals surface area contributed by atoms with Crippen molar-refractivity contribution in [3.05, 3.63) is 53.6 Å². The lowest BCUT2D eigenvalue weighted by atomic mass is 10.3. The maximum Gasteiger partial charge on any atom is 0.245 e. The number of sulfonamides is 1. The van der Waals surface area contributed by atoms with Crippen LogP contribution >= 0.6 is 11.6 Å². The molecule has 0 unspecified atom stereocenters. The van der Waals surface area contributed by atoms with Crippen molar-refractivity contribution in [1.29, 1.82) is 0 Å². The maximum absolute atomic E-state index is 12.3. The Hall–Kier alpha value is -2.25. The molecule has 0 saturated carbocycles. The van der Waals surface area contributed by atoms with Crippen LogP contribution in [0.3, 0.4) is 0 Å². The summed E-state index contributed by atoms with van der Waals surface area (Å²) in [6.45, 7) is 3.45. The van der Waals surface area contributed by atoms with Crippen LogP contribution in [0.25, 0.3) is 0 Å². The van der Waals surface area contributed by atoms with E-state index in [1.54, 1.807) is 48.5 Å². The largest absolute Gasteiger partial charge is 0.491 e. The van der Waals surface area contributed by atoms with E-state index in [1.807, 2.05) is 13.8 Å². The molecule has 0 aliphatic heterocycles. The molecule has 0 heterocycles. The smallest absolute Gasteiger partial charge is 0.245 e. The van der Waals surface area contributed by atoms with Gasteiger partial charge in [-0.1, -0.05) is 17.7 Å². The van der Waals surface area contributed by atoms with Gasteiger partial charge in [0.25, 0.3) is 0 Å². The number of nitrogens with zero attached hydrogens (tertiary/aromatic N) is 1. The van der Waals surface area contributed by atoms with Crippen LogP contribution in [-0.2, 0) is 14.8 Å². The molecular weight excluding hydrogens is 376 g/mol. The van der Waals surface area contributed by atoms with Gasteiger partial charge in [-0.3, -0.25) is 9.10 Å². The Bertz CT molecular complexity index is 867. The van der Waals surface area contributed by atoms with Crippen molar-refractivity contribution in [2.75, 3.05) is 22.4 Å². The lowest BCUT2D eigenvalue weighted by Crippen LogP contribution is -2.37. The molecule has 0 aromatic heterocycles. The number of hydrogen-bond acceptors (Lipinski definition) is 4. The van der Waals surface area contributed by atoms with Crippen LogP contribution in [0.2, 0.25) is 5.02 Å². The molecule has 2 rings (SSSR count). The molecule has 8 heteroatoms. The predicted octanol–water partition coefficient (Wildman–Crippen LogP) is 3.53. The second kappa shape index (κ2) is 8.42. The third-order valence-corrected chi connectivity index (χ3v) is 4.67. The molecule has 0 bridgehead atoms. The van der Waals surface area contributed by atoms with Crippen molar-refractivity contribution in [3.8, 4) is 5.75 Å². The van der Waals surface area contributed by atoms with Crippen LogP contribution in [0, 0.1) is 0 Å². The van der Waals surface area contributed by atoms with E-state index in [0.29, 0.717) is 22.1 Å². The van der Waals surface area contributed by atoms with Crippen LogP contribution in [0.4, 0.5) is 11.4 Å². The monoisotopic (exact) mass is 396 g/mol. The van der Waals surface area contributed by atoms with Crippen molar-refractivity contribution in [3.63, 3.8) is 0 Å². The fourth-order valence-electron chi connectivity index (χ4n) is 2.26. The molecule has 2 aromatic carbocycles. The summed E-state index contributed by atoms with van der Waals surface area (Å²) in [7, 11) is -3.64. The molecule has 0 aliphatic rings. The van der Waals surface area contributed by atoms with Gasteiger partial charge >= 0.3 is 0 Å². The fourth-order valence-corrected chi connectivity index (χ4v) is 3.31. The molecule has 1 amide bonds. The summed E-state index contributed by atoms with van der Waals surface area (Å²) in [6.07, 6.45) is 1.06. The number of rotatable bonds is 7. The Kier molecular flexibility index (Phi) is 6.50. The quantitative estimate of drug-likeness (QED) is 0.776. The van der Waals surface area contributed by atoms with Gasteiger partial charge in [0.15, 0.2) is 0 Å². The minimum Gasteiger partial charge on any atom is -0.491 e. The maximum atomic E-state index is 12.3. The average Bonchev–Trinajstić information content (AvgIpc) is 2.52. The molecular formula is C18H21ClN2O4S. The van der Waals surface area contributed by atoms with Gasteiger partial charge in [-0.15, -0.1) is 0 Å². The zero-order chi connectivity index (χ0) is 19.3. The normalized spacial score (nSPS) is 11.3. The summed E-state index contributed by atoms with van der Waals surface area (Å²) in [6, 6.07) is 13.2. The summed E-state index contributed by atoms with van der Waals surface area (Å²) in [4.78, 5) is 12.3. The van der Waals surface area contributed by atoms with Crippen molar-refractivity contribution in [2.24, 2.45) is 0 Å². The van der Waals surface area contributed by atoms with Crippen LogP contribution in [0.1, 0.15) is 13.8 Å². The number of nitrogens with one attached hydrogen (secondary N) is 1. The third-order valence-electron chi connectivity index (χ3n) is 3.29. The Balaban J connectivity index is 2.16. The second-order valence-electron chi connectivity index (χ2n) is 5.99. The first-order valence-electron chi connectivity index (χ1n) is 7.95. The zero-order valence-electron chi connectivity index (χ0n) is 14.8. The van der Waals surface area contributed by atoms with Crippen LogP contribution < -0.4 is 14.4 Å². The first-order chi connectivity index (χ1) is 12.1. The van der Waals surface area contributed by atoms with Gasteiger partial charge in [-0.05, 0) is 56.3 Å². The van der Waals surface area contributed by atoms with Gasteiger partial charge in [-0.2, -0.15) is 0 Å². The van der Waals surface area contributed by atoms with E-state index in [0.717, 1.165) is 10.6 Å². The van der Waals surface area contributed by atoms with Crippen LogP contribution in [0.15, 0.2) is 48.5 Å². The summed E-state index contributed by atoms with van der Waals surface area (Å²) in [5.74, 6) is 0.153. The van der Waals surface area contributed by atoms with Crippen molar-refractivity contribution in [2.45, 2.75) is 20.0 Å². The number of halogens is 1. The minimum absolute atomic E-state index is 0.00957. The fraction of sp³-hybridized carbons (Fsp3) is 0.278. The van der Waals surface area contributed by atoms with Crippen molar-refractivity contribution in [1.82, 2.24) is 0 Å². The van der Waals surface area contributed by atoms with Gasteiger partial charge in [0.1, 0.15) is 12.3 Å². The summed E-state index contributed by atoms with van der Waals surface area (Å²) in [5.41, 5.74) is 0.876. The molecule has 140 valence electrons. The first kappa shape index (κ1) is 20.1. The Labute approximate surface area is 158 Å². The first-order valence-corrected chi connectivity index (χ1v) is 10.2. The predicted molar refractivity (Wildman–Crippen MR) is 104 cm³/mol. The highest BCUT2D eigenvalue weighted by Gasteiger charge is 2.21. The second-order valence-corrected chi connectivity index (χ2v) is 8.33. The molecule has 0 aliphatic carbocycles. The molecule has 6 nitrogen and oxygen atoms in total. The molecule has 0 spiro atoms. The molecule has 0 radical (unpaired) electrons. The van der Waals surface area contributed by atoms with E-state index >= 15 is 0 Å². The molecule has 26 heavy (non-hydrogen) atoms. The molecule has 0 atom stereocenters. The Morgan fingerprint density at radius 2 is 1.85 bits per heavy atom. The van der Waals surface area contributed by atoms with Crippen LogP contribution in [-0.4, -0.2) is 33.2 Å². The number of ether oxygens (including phenoxy) is 1. The topological polar surface area (TPSA) is 75.7 Å². The Morgan fingerprint density at radius 1 is 1.19 bits per heavy atom. The summed E-state index contributed by atoms with van der Waals surface area (Å²) >= 11 is 5.88. The number of hydrogen-bond donors (Lipinski definition) is 1.